The molecule has 0 saturated carbocycles. The number of aliphatic hydroxyl groups is 1. The Bertz CT molecular complexity index is 594. The Morgan fingerprint density at radius 1 is 1.00 bits per heavy atom. The summed E-state index contributed by atoms with van der Waals surface area (Å²) >= 11 is 0. The molecular weight excluding hydrogens is 258 g/mol. The number of aliphatic imine (C=N–C) groups is 1. The lowest BCUT2D eigenvalue weighted by atomic mass is 9.98. The molecule has 0 saturated heterocycles. The molecule has 2 nitrogen and oxygen atoms in total. The van der Waals surface area contributed by atoms with E-state index in [0.717, 1.165) is 23.2 Å². The maximum Gasteiger partial charge on any atom is 0.0972 e. The maximum atomic E-state index is 10.5. The zero-order chi connectivity index (χ0) is 15.3. The molecule has 1 atom stereocenters. The van der Waals surface area contributed by atoms with Crippen LogP contribution in [0.5, 0.6) is 0 Å². The van der Waals surface area contributed by atoms with Gasteiger partial charge in [0.15, 0.2) is 0 Å². The summed E-state index contributed by atoms with van der Waals surface area (Å²) in [5.74, 6) is 0. The third-order valence-corrected chi connectivity index (χ3v) is 3.67. The SMILES string of the molecule is Cc1cccc(C)c1N=CC(C)(O)CCc1ccccc1. The van der Waals surface area contributed by atoms with Crippen LogP contribution in [0.1, 0.15) is 30.0 Å². The number of nitrogens with zero attached hydrogens (tertiary/aromatic N) is 1. The molecule has 2 aromatic rings. The molecule has 2 rings (SSSR count). The fourth-order valence-corrected chi connectivity index (χ4v) is 2.32. The van der Waals surface area contributed by atoms with Gasteiger partial charge in [-0.1, -0.05) is 48.5 Å². The largest absolute Gasteiger partial charge is 0.384 e. The van der Waals surface area contributed by atoms with Crippen molar-refractivity contribution < 1.29 is 5.11 Å². The van der Waals surface area contributed by atoms with E-state index in [1.165, 1.54) is 5.56 Å². The van der Waals surface area contributed by atoms with Gasteiger partial charge in [0.25, 0.3) is 0 Å². The first-order valence-corrected chi connectivity index (χ1v) is 7.36. The topological polar surface area (TPSA) is 32.6 Å². The first kappa shape index (κ1) is 15.5. The van der Waals surface area contributed by atoms with Gasteiger partial charge in [0.05, 0.1) is 11.3 Å². The van der Waals surface area contributed by atoms with Gasteiger partial charge in [-0.2, -0.15) is 0 Å². The van der Waals surface area contributed by atoms with Crippen LogP contribution in [0.4, 0.5) is 5.69 Å². The summed E-state index contributed by atoms with van der Waals surface area (Å²) in [6, 6.07) is 16.3. The standard InChI is InChI=1S/C19H23NO/c1-15-8-7-9-16(2)18(15)20-14-19(3,21)13-12-17-10-5-4-6-11-17/h4-11,14,21H,12-13H2,1-3H3. The summed E-state index contributed by atoms with van der Waals surface area (Å²) in [7, 11) is 0. The second kappa shape index (κ2) is 6.68. The van der Waals surface area contributed by atoms with Gasteiger partial charge in [-0.25, -0.2) is 0 Å². The highest BCUT2D eigenvalue weighted by atomic mass is 16.3. The Morgan fingerprint density at radius 3 is 2.24 bits per heavy atom. The Kier molecular flexibility index (Phi) is 4.92. The molecule has 0 heterocycles. The molecule has 0 radical (unpaired) electrons. The molecule has 21 heavy (non-hydrogen) atoms. The molecule has 0 aliphatic heterocycles. The van der Waals surface area contributed by atoms with Crippen LogP contribution in [0.3, 0.4) is 0 Å². The van der Waals surface area contributed by atoms with Crippen molar-refractivity contribution in [3.63, 3.8) is 0 Å². The smallest absolute Gasteiger partial charge is 0.0972 e. The quantitative estimate of drug-likeness (QED) is 0.810. The van der Waals surface area contributed by atoms with E-state index in [2.05, 4.69) is 17.1 Å². The van der Waals surface area contributed by atoms with Gasteiger partial charge in [-0.15, -0.1) is 0 Å². The number of benzene rings is 2. The molecule has 110 valence electrons. The highest BCUT2D eigenvalue weighted by Gasteiger charge is 2.17. The normalized spacial score (nSPS) is 14.3. The van der Waals surface area contributed by atoms with Gasteiger partial charge >= 0.3 is 0 Å². The fourth-order valence-electron chi connectivity index (χ4n) is 2.32. The second-order valence-electron chi connectivity index (χ2n) is 5.84. The molecular formula is C19H23NO. The maximum absolute atomic E-state index is 10.5. The average molecular weight is 281 g/mol. The van der Waals surface area contributed by atoms with E-state index in [1.54, 1.807) is 6.21 Å². The van der Waals surface area contributed by atoms with Gasteiger partial charge in [-0.05, 0) is 50.3 Å². The fraction of sp³-hybridized carbons (Fsp3) is 0.316. The number of hydrogen-bond acceptors (Lipinski definition) is 2. The van der Waals surface area contributed by atoms with E-state index in [9.17, 15) is 5.11 Å². The lowest BCUT2D eigenvalue weighted by molar-refractivity contribution is 0.128. The highest BCUT2D eigenvalue weighted by Crippen LogP contribution is 2.23. The Morgan fingerprint density at radius 2 is 1.62 bits per heavy atom. The molecule has 0 amide bonds. The van der Waals surface area contributed by atoms with Crippen LogP contribution in [0, 0.1) is 13.8 Å². The van der Waals surface area contributed by atoms with Crippen molar-refractivity contribution in [2.45, 2.75) is 39.2 Å². The number of para-hydroxylation sites is 1. The van der Waals surface area contributed by atoms with Crippen LogP contribution in [0.25, 0.3) is 0 Å². The number of rotatable bonds is 5. The molecule has 0 bridgehead atoms. The van der Waals surface area contributed by atoms with E-state index in [1.807, 2.05) is 57.2 Å². The van der Waals surface area contributed by atoms with Gasteiger partial charge < -0.3 is 5.11 Å². The van der Waals surface area contributed by atoms with E-state index in [4.69, 9.17) is 0 Å². The second-order valence-corrected chi connectivity index (χ2v) is 5.84. The lowest BCUT2D eigenvalue weighted by Gasteiger charge is -2.18. The van der Waals surface area contributed by atoms with E-state index in [-0.39, 0.29) is 0 Å². The Hall–Kier alpha value is -1.93. The lowest BCUT2D eigenvalue weighted by Crippen LogP contribution is -2.26. The predicted octanol–water partition coefficient (Wildman–Crippen LogP) is 4.39. The molecule has 1 N–H and O–H groups in total. The van der Waals surface area contributed by atoms with Crippen LogP contribution < -0.4 is 0 Å². The first-order chi connectivity index (χ1) is 9.98. The molecule has 0 aromatic heterocycles. The van der Waals surface area contributed by atoms with Crippen molar-refractivity contribution in [3.8, 4) is 0 Å². The van der Waals surface area contributed by atoms with Crippen molar-refractivity contribution in [1.29, 1.82) is 0 Å². The molecule has 2 heteroatoms. The van der Waals surface area contributed by atoms with Crippen LogP contribution in [0.2, 0.25) is 0 Å². The summed E-state index contributed by atoms with van der Waals surface area (Å²) in [4.78, 5) is 4.51. The van der Waals surface area contributed by atoms with Crippen LogP contribution in [-0.2, 0) is 6.42 Å². The minimum absolute atomic E-state index is 0.658. The monoisotopic (exact) mass is 281 g/mol. The molecule has 0 fully saturated rings. The minimum atomic E-state index is -0.898. The third kappa shape index (κ3) is 4.54. The third-order valence-electron chi connectivity index (χ3n) is 3.67. The minimum Gasteiger partial charge on any atom is -0.384 e. The molecule has 1 unspecified atom stereocenters. The van der Waals surface area contributed by atoms with E-state index < -0.39 is 5.60 Å². The zero-order valence-electron chi connectivity index (χ0n) is 13.0. The van der Waals surface area contributed by atoms with Crippen molar-refractivity contribution in [2.24, 2.45) is 4.99 Å². The van der Waals surface area contributed by atoms with E-state index in [0.29, 0.717) is 6.42 Å². The molecule has 2 aromatic carbocycles. The van der Waals surface area contributed by atoms with Crippen molar-refractivity contribution in [2.75, 3.05) is 0 Å². The highest BCUT2D eigenvalue weighted by molar-refractivity contribution is 5.73. The summed E-state index contributed by atoms with van der Waals surface area (Å²) in [5, 5.41) is 10.5. The average Bonchev–Trinajstić information content (AvgIpc) is 2.46. The van der Waals surface area contributed by atoms with E-state index >= 15 is 0 Å². The van der Waals surface area contributed by atoms with Crippen molar-refractivity contribution in [3.05, 3.63) is 65.2 Å². The van der Waals surface area contributed by atoms with Gasteiger partial charge in [0, 0.05) is 6.21 Å². The van der Waals surface area contributed by atoms with Crippen LogP contribution in [-0.4, -0.2) is 16.9 Å². The van der Waals surface area contributed by atoms with Crippen molar-refractivity contribution >= 4 is 11.9 Å². The summed E-state index contributed by atoms with van der Waals surface area (Å²) in [6.07, 6.45) is 3.17. The number of aryl methyl sites for hydroxylation is 3. The summed E-state index contributed by atoms with van der Waals surface area (Å²) in [6.45, 7) is 5.89. The molecule has 0 aliphatic carbocycles. The molecule has 0 spiro atoms. The first-order valence-electron chi connectivity index (χ1n) is 7.36. The van der Waals surface area contributed by atoms with Crippen LogP contribution in [0.15, 0.2) is 53.5 Å². The number of hydrogen-bond donors (Lipinski definition) is 1. The predicted molar refractivity (Wildman–Crippen MR) is 89.5 cm³/mol. The van der Waals surface area contributed by atoms with Gasteiger partial charge in [-0.3, -0.25) is 4.99 Å². The van der Waals surface area contributed by atoms with Crippen LogP contribution >= 0.6 is 0 Å². The summed E-state index contributed by atoms with van der Waals surface area (Å²) in [5.41, 5.74) is 3.55. The molecule has 0 aliphatic rings. The Labute approximate surface area is 127 Å². The van der Waals surface area contributed by atoms with Crippen molar-refractivity contribution in [1.82, 2.24) is 0 Å². The zero-order valence-corrected chi connectivity index (χ0v) is 13.0. The Balaban J connectivity index is 2.05. The van der Waals surface area contributed by atoms with Gasteiger partial charge in [0.2, 0.25) is 0 Å². The summed E-state index contributed by atoms with van der Waals surface area (Å²) < 4.78 is 0. The van der Waals surface area contributed by atoms with Gasteiger partial charge in [0.1, 0.15) is 0 Å².